The van der Waals surface area contributed by atoms with Crippen molar-refractivity contribution < 1.29 is 13.2 Å². The molecular weight excluding hydrogens is 370 g/mol. The SMILES string of the molecule is CCS(=O)(=O)N1CCc2nc(NC(=O)c3cccc(Cl)c3)sc2C1. The molecule has 2 heterocycles. The number of hydrogen-bond acceptors (Lipinski definition) is 5. The van der Waals surface area contributed by atoms with Gasteiger partial charge in [-0.3, -0.25) is 10.1 Å². The maximum Gasteiger partial charge on any atom is 0.257 e. The van der Waals surface area contributed by atoms with Crippen molar-refractivity contribution in [2.24, 2.45) is 0 Å². The molecule has 1 aliphatic heterocycles. The van der Waals surface area contributed by atoms with Crippen molar-refractivity contribution in [2.75, 3.05) is 17.6 Å². The number of carbonyl (C=O) groups excluding carboxylic acids is 1. The molecule has 24 heavy (non-hydrogen) atoms. The molecule has 0 bridgehead atoms. The molecule has 0 atom stereocenters. The highest BCUT2D eigenvalue weighted by Crippen LogP contribution is 2.29. The monoisotopic (exact) mass is 385 g/mol. The Morgan fingerprint density at radius 3 is 2.96 bits per heavy atom. The summed E-state index contributed by atoms with van der Waals surface area (Å²) in [4.78, 5) is 17.5. The van der Waals surface area contributed by atoms with Gasteiger partial charge in [0.15, 0.2) is 5.13 Å². The number of thiazole rings is 1. The zero-order valence-electron chi connectivity index (χ0n) is 13.0. The van der Waals surface area contributed by atoms with E-state index in [4.69, 9.17) is 11.6 Å². The molecule has 128 valence electrons. The fraction of sp³-hybridized carbons (Fsp3) is 0.333. The Bertz CT molecular complexity index is 880. The van der Waals surface area contributed by atoms with Gasteiger partial charge in [0, 0.05) is 35.0 Å². The Kier molecular flexibility index (Phi) is 4.91. The fourth-order valence-corrected chi connectivity index (χ4v) is 4.80. The quantitative estimate of drug-likeness (QED) is 0.877. The lowest BCUT2D eigenvalue weighted by Gasteiger charge is -2.24. The molecule has 1 aromatic carbocycles. The number of hydrogen-bond donors (Lipinski definition) is 1. The van der Waals surface area contributed by atoms with Crippen LogP contribution in [-0.4, -0.2) is 35.9 Å². The van der Waals surface area contributed by atoms with Gasteiger partial charge in [-0.1, -0.05) is 17.7 Å². The van der Waals surface area contributed by atoms with Crippen LogP contribution in [0.25, 0.3) is 0 Å². The van der Waals surface area contributed by atoms with Crippen molar-refractivity contribution in [3.8, 4) is 0 Å². The summed E-state index contributed by atoms with van der Waals surface area (Å²) in [6.07, 6.45) is 0.554. The van der Waals surface area contributed by atoms with Crippen molar-refractivity contribution in [3.05, 3.63) is 45.4 Å². The second-order valence-electron chi connectivity index (χ2n) is 5.34. The Labute approximate surface area is 149 Å². The summed E-state index contributed by atoms with van der Waals surface area (Å²) >= 11 is 7.20. The standard InChI is InChI=1S/C15H16ClN3O3S2/c1-2-24(21,22)19-7-6-12-13(9-19)23-15(17-12)18-14(20)10-4-3-5-11(16)8-10/h3-5,8H,2,6-7,9H2,1H3,(H,17,18,20). The molecule has 1 amide bonds. The number of halogens is 1. The predicted molar refractivity (Wildman–Crippen MR) is 95.1 cm³/mol. The third kappa shape index (κ3) is 3.61. The minimum absolute atomic E-state index is 0.0828. The first-order chi connectivity index (χ1) is 11.4. The van der Waals surface area contributed by atoms with Gasteiger partial charge in [-0.15, -0.1) is 11.3 Å². The maximum absolute atomic E-state index is 12.2. The number of nitrogens with one attached hydrogen (secondary N) is 1. The average Bonchev–Trinajstić information content (AvgIpc) is 2.96. The molecule has 0 fully saturated rings. The third-order valence-corrected chi connectivity index (χ3v) is 6.82. The van der Waals surface area contributed by atoms with Crippen LogP contribution >= 0.6 is 22.9 Å². The van der Waals surface area contributed by atoms with Gasteiger partial charge in [-0.25, -0.2) is 13.4 Å². The number of aromatic nitrogens is 1. The van der Waals surface area contributed by atoms with E-state index in [1.165, 1.54) is 15.6 Å². The van der Waals surface area contributed by atoms with Crippen LogP contribution < -0.4 is 5.32 Å². The highest BCUT2D eigenvalue weighted by Gasteiger charge is 2.28. The van der Waals surface area contributed by atoms with E-state index < -0.39 is 10.0 Å². The molecule has 0 spiro atoms. The molecule has 0 saturated heterocycles. The zero-order valence-corrected chi connectivity index (χ0v) is 15.3. The summed E-state index contributed by atoms with van der Waals surface area (Å²) in [5, 5.41) is 3.71. The van der Waals surface area contributed by atoms with E-state index in [9.17, 15) is 13.2 Å². The molecule has 6 nitrogen and oxygen atoms in total. The van der Waals surface area contributed by atoms with E-state index in [0.717, 1.165) is 10.6 Å². The van der Waals surface area contributed by atoms with Gasteiger partial charge in [-0.05, 0) is 25.1 Å². The van der Waals surface area contributed by atoms with Crippen LogP contribution in [0.5, 0.6) is 0 Å². The first-order valence-corrected chi connectivity index (χ1v) is 10.2. The number of amides is 1. The zero-order chi connectivity index (χ0) is 17.3. The summed E-state index contributed by atoms with van der Waals surface area (Å²) in [6.45, 7) is 2.37. The number of anilines is 1. The second kappa shape index (κ2) is 6.79. The van der Waals surface area contributed by atoms with Gasteiger partial charge in [0.05, 0.1) is 11.4 Å². The summed E-state index contributed by atoms with van der Waals surface area (Å²) < 4.78 is 25.5. The number of benzene rings is 1. The minimum atomic E-state index is -3.22. The Morgan fingerprint density at radius 1 is 1.46 bits per heavy atom. The lowest BCUT2D eigenvalue weighted by molar-refractivity contribution is 0.102. The fourth-order valence-electron chi connectivity index (χ4n) is 2.44. The summed E-state index contributed by atoms with van der Waals surface area (Å²) in [7, 11) is -3.22. The molecule has 0 radical (unpaired) electrons. The molecule has 1 N–H and O–H groups in total. The van der Waals surface area contributed by atoms with Crippen molar-refractivity contribution in [2.45, 2.75) is 19.9 Å². The molecule has 3 rings (SSSR count). The second-order valence-corrected chi connectivity index (χ2v) is 9.12. The number of carbonyl (C=O) groups is 1. The highest BCUT2D eigenvalue weighted by molar-refractivity contribution is 7.89. The summed E-state index contributed by atoms with van der Waals surface area (Å²) in [5.41, 5.74) is 1.30. The number of nitrogens with zero attached hydrogens (tertiary/aromatic N) is 2. The predicted octanol–water partition coefficient (Wildman–Crippen LogP) is 2.76. The molecule has 1 aliphatic rings. The van der Waals surface area contributed by atoms with Crippen LogP contribution in [-0.2, 0) is 23.0 Å². The lowest BCUT2D eigenvalue weighted by Crippen LogP contribution is -2.36. The lowest BCUT2D eigenvalue weighted by atomic mass is 10.2. The van der Waals surface area contributed by atoms with Gasteiger partial charge in [0.2, 0.25) is 10.0 Å². The average molecular weight is 386 g/mol. The van der Waals surface area contributed by atoms with Gasteiger partial charge in [0.25, 0.3) is 5.91 Å². The van der Waals surface area contributed by atoms with E-state index in [0.29, 0.717) is 35.2 Å². The van der Waals surface area contributed by atoms with E-state index in [2.05, 4.69) is 10.3 Å². The van der Waals surface area contributed by atoms with Gasteiger partial charge >= 0.3 is 0 Å². The molecule has 0 aliphatic carbocycles. The topological polar surface area (TPSA) is 79.4 Å². The summed E-state index contributed by atoms with van der Waals surface area (Å²) in [5.74, 6) is -0.207. The number of fused-ring (bicyclic) bond motifs is 1. The molecule has 0 unspecified atom stereocenters. The van der Waals surface area contributed by atoms with Gasteiger partial charge < -0.3 is 0 Å². The highest BCUT2D eigenvalue weighted by atomic mass is 35.5. The van der Waals surface area contributed by atoms with Crippen LogP contribution in [0.4, 0.5) is 5.13 Å². The molecule has 0 saturated carbocycles. The molecule has 1 aromatic heterocycles. The minimum Gasteiger partial charge on any atom is -0.298 e. The Morgan fingerprint density at radius 2 is 2.25 bits per heavy atom. The van der Waals surface area contributed by atoms with Gasteiger partial charge in [-0.2, -0.15) is 4.31 Å². The maximum atomic E-state index is 12.2. The largest absolute Gasteiger partial charge is 0.298 e. The van der Waals surface area contributed by atoms with Crippen molar-refractivity contribution in [3.63, 3.8) is 0 Å². The van der Waals surface area contributed by atoms with Crippen molar-refractivity contribution in [1.29, 1.82) is 0 Å². The first-order valence-electron chi connectivity index (χ1n) is 7.42. The van der Waals surface area contributed by atoms with E-state index >= 15 is 0 Å². The van der Waals surface area contributed by atoms with Crippen LogP contribution in [0.15, 0.2) is 24.3 Å². The van der Waals surface area contributed by atoms with Crippen LogP contribution in [0.3, 0.4) is 0 Å². The van der Waals surface area contributed by atoms with E-state index in [-0.39, 0.29) is 11.7 Å². The number of rotatable bonds is 4. The molecule has 2 aromatic rings. The van der Waals surface area contributed by atoms with Crippen molar-refractivity contribution >= 4 is 44.0 Å². The van der Waals surface area contributed by atoms with E-state index in [1.54, 1.807) is 31.2 Å². The van der Waals surface area contributed by atoms with E-state index in [1.807, 2.05) is 0 Å². The van der Waals surface area contributed by atoms with Crippen LogP contribution in [0, 0.1) is 0 Å². The van der Waals surface area contributed by atoms with Crippen LogP contribution in [0.2, 0.25) is 5.02 Å². The van der Waals surface area contributed by atoms with Crippen LogP contribution in [0.1, 0.15) is 27.9 Å². The van der Waals surface area contributed by atoms with Gasteiger partial charge in [0.1, 0.15) is 0 Å². The number of sulfonamides is 1. The first kappa shape index (κ1) is 17.3. The normalized spacial score (nSPS) is 15.1. The third-order valence-electron chi connectivity index (χ3n) is 3.76. The Balaban J connectivity index is 1.75. The summed E-state index contributed by atoms with van der Waals surface area (Å²) in [6, 6.07) is 6.66. The molecular formula is C15H16ClN3O3S2. The Hall–Kier alpha value is -1.48. The smallest absolute Gasteiger partial charge is 0.257 e. The molecule has 9 heteroatoms. The van der Waals surface area contributed by atoms with Crippen molar-refractivity contribution in [1.82, 2.24) is 9.29 Å².